The second kappa shape index (κ2) is 6.38. The highest BCUT2D eigenvalue weighted by Crippen LogP contribution is 2.32. The van der Waals surface area contributed by atoms with Gasteiger partial charge in [-0.05, 0) is 34.9 Å². The molecule has 0 radical (unpaired) electrons. The van der Waals surface area contributed by atoms with Crippen LogP contribution < -0.4 is 10.5 Å². The second-order valence-corrected chi connectivity index (χ2v) is 6.79. The Labute approximate surface area is 122 Å². The van der Waals surface area contributed by atoms with Gasteiger partial charge in [0.05, 0.1) is 12.1 Å². The van der Waals surface area contributed by atoms with Crippen molar-refractivity contribution in [2.75, 3.05) is 7.11 Å². The normalized spacial score (nSPS) is 13.1. The molecule has 0 heterocycles. The summed E-state index contributed by atoms with van der Waals surface area (Å²) in [5, 5.41) is 0. The van der Waals surface area contributed by atoms with Crippen LogP contribution in [0.5, 0.6) is 5.75 Å². The van der Waals surface area contributed by atoms with Gasteiger partial charge in [-0.1, -0.05) is 52.0 Å². The van der Waals surface area contributed by atoms with Crippen LogP contribution in [0.4, 0.5) is 0 Å². The largest absolute Gasteiger partial charge is 0.496 e. The third kappa shape index (κ3) is 4.83. The zero-order valence-corrected chi connectivity index (χ0v) is 13.4. The molecule has 1 aromatic rings. The second-order valence-electron chi connectivity index (χ2n) is 6.26. The Morgan fingerprint density at radius 3 is 2.47 bits per heavy atom. The fourth-order valence-corrected chi connectivity index (χ4v) is 2.57. The maximum Gasteiger partial charge on any atom is 0.122 e. The van der Waals surface area contributed by atoms with Crippen molar-refractivity contribution in [2.24, 2.45) is 11.7 Å². The van der Waals surface area contributed by atoms with Gasteiger partial charge in [-0.25, -0.2) is 0 Å². The molecular weight excluding hydrogens is 254 g/mol. The van der Waals surface area contributed by atoms with Gasteiger partial charge in [0.1, 0.15) is 5.75 Å². The van der Waals surface area contributed by atoms with Crippen LogP contribution >= 0.6 is 12.2 Å². The molecule has 2 N–H and O–H groups in total. The summed E-state index contributed by atoms with van der Waals surface area (Å²) >= 11 is 4.97. The highest BCUT2D eigenvalue weighted by atomic mass is 32.1. The van der Waals surface area contributed by atoms with E-state index in [0.29, 0.717) is 10.9 Å². The molecule has 0 bridgehead atoms. The van der Waals surface area contributed by atoms with E-state index in [1.807, 2.05) is 0 Å². The number of thiocarbonyl (C=S) groups is 1. The van der Waals surface area contributed by atoms with Gasteiger partial charge in [0.25, 0.3) is 0 Å². The van der Waals surface area contributed by atoms with Crippen LogP contribution in [0.1, 0.15) is 45.2 Å². The molecule has 0 spiro atoms. The zero-order valence-electron chi connectivity index (χ0n) is 12.6. The minimum absolute atomic E-state index is 0.0771. The summed E-state index contributed by atoms with van der Waals surface area (Å²) in [4.78, 5) is 0.594. The lowest BCUT2D eigenvalue weighted by Gasteiger charge is -2.23. The minimum Gasteiger partial charge on any atom is -0.496 e. The van der Waals surface area contributed by atoms with Gasteiger partial charge in [0.2, 0.25) is 0 Å². The number of benzene rings is 1. The number of methoxy groups -OCH3 is 1. The summed E-state index contributed by atoms with van der Waals surface area (Å²) in [5.41, 5.74) is 8.24. The van der Waals surface area contributed by atoms with Crippen LogP contribution in [0.2, 0.25) is 0 Å². The fraction of sp³-hybridized carbons (Fsp3) is 0.562. The maximum atomic E-state index is 5.60. The van der Waals surface area contributed by atoms with Gasteiger partial charge >= 0.3 is 0 Å². The fourth-order valence-electron chi connectivity index (χ4n) is 2.29. The average molecular weight is 279 g/mol. The molecule has 1 unspecified atom stereocenters. The summed E-state index contributed by atoms with van der Waals surface area (Å²) < 4.78 is 5.46. The van der Waals surface area contributed by atoms with Crippen LogP contribution in [-0.2, 0) is 11.8 Å². The lowest BCUT2D eigenvalue weighted by Crippen LogP contribution is -2.15. The molecule has 1 rings (SSSR count). The molecule has 1 atom stereocenters. The lowest BCUT2D eigenvalue weighted by molar-refractivity contribution is 0.397. The van der Waals surface area contributed by atoms with Crippen LogP contribution in [-0.4, -0.2) is 12.1 Å². The molecule has 19 heavy (non-hydrogen) atoms. The molecule has 0 aromatic heterocycles. The Morgan fingerprint density at radius 2 is 2.00 bits per heavy atom. The van der Waals surface area contributed by atoms with Crippen molar-refractivity contribution in [2.45, 2.75) is 46.0 Å². The maximum absolute atomic E-state index is 5.60. The highest BCUT2D eigenvalue weighted by molar-refractivity contribution is 7.80. The summed E-state index contributed by atoms with van der Waals surface area (Å²) in [6.45, 7) is 8.79. The summed E-state index contributed by atoms with van der Waals surface area (Å²) in [5.74, 6) is 1.43. The summed E-state index contributed by atoms with van der Waals surface area (Å²) in [6, 6.07) is 6.43. The molecule has 2 nitrogen and oxygen atoms in total. The first kappa shape index (κ1) is 16.0. The van der Waals surface area contributed by atoms with E-state index < -0.39 is 0 Å². The standard InChI is InChI=1S/C16H25NOS/c1-11(9-15(17)19)8-12-6-7-14(18-5)13(10-12)16(2,3)4/h6-7,10-11H,8-9H2,1-5H3,(H2,17,19). The quantitative estimate of drug-likeness (QED) is 0.832. The van der Waals surface area contributed by atoms with E-state index in [1.165, 1.54) is 11.1 Å². The van der Waals surface area contributed by atoms with Gasteiger partial charge in [-0.15, -0.1) is 0 Å². The number of hydrogen-bond donors (Lipinski definition) is 1. The number of ether oxygens (including phenoxy) is 1. The molecule has 0 amide bonds. The first-order chi connectivity index (χ1) is 8.74. The van der Waals surface area contributed by atoms with Crippen LogP contribution in [0.25, 0.3) is 0 Å². The first-order valence-electron chi connectivity index (χ1n) is 6.69. The van der Waals surface area contributed by atoms with Crippen molar-refractivity contribution in [1.29, 1.82) is 0 Å². The Hall–Kier alpha value is -1.09. The van der Waals surface area contributed by atoms with Gasteiger partial charge < -0.3 is 10.5 Å². The van der Waals surface area contributed by atoms with Crippen molar-refractivity contribution < 1.29 is 4.74 Å². The number of nitrogens with two attached hydrogens (primary N) is 1. The lowest BCUT2D eigenvalue weighted by atomic mass is 9.84. The van der Waals surface area contributed by atoms with Crippen LogP contribution in [0.15, 0.2) is 18.2 Å². The van der Waals surface area contributed by atoms with E-state index in [2.05, 4.69) is 45.9 Å². The third-order valence-corrected chi connectivity index (χ3v) is 3.37. The summed E-state index contributed by atoms with van der Waals surface area (Å²) in [6.07, 6.45) is 1.79. The highest BCUT2D eigenvalue weighted by Gasteiger charge is 2.19. The van der Waals surface area contributed by atoms with Gasteiger partial charge in [-0.2, -0.15) is 0 Å². The molecule has 0 saturated carbocycles. The topological polar surface area (TPSA) is 35.2 Å². The van der Waals surface area contributed by atoms with Gasteiger partial charge in [0.15, 0.2) is 0 Å². The Balaban J connectivity index is 2.96. The third-order valence-electron chi connectivity index (χ3n) is 3.21. The predicted octanol–water partition coefficient (Wildman–Crippen LogP) is 3.85. The Kier molecular flexibility index (Phi) is 5.36. The van der Waals surface area contributed by atoms with Crippen molar-refractivity contribution in [3.63, 3.8) is 0 Å². The van der Waals surface area contributed by atoms with Crippen molar-refractivity contribution in [3.8, 4) is 5.75 Å². The zero-order chi connectivity index (χ0) is 14.6. The Morgan fingerprint density at radius 1 is 1.37 bits per heavy atom. The van der Waals surface area contributed by atoms with E-state index in [9.17, 15) is 0 Å². The van der Waals surface area contributed by atoms with Crippen LogP contribution in [0.3, 0.4) is 0 Å². The summed E-state index contributed by atoms with van der Waals surface area (Å²) in [7, 11) is 1.72. The van der Waals surface area contributed by atoms with Gasteiger partial charge in [-0.3, -0.25) is 0 Å². The number of hydrogen-bond acceptors (Lipinski definition) is 2. The minimum atomic E-state index is 0.0771. The van der Waals surface area contributed by atoms with E-state index in [-0.39, 0.29) is 5.41 Å². The molecule has 106 valence electrons. The van der Waals surface area contributed by atoms with E-state index in [0.717, 1.165) is 18.6 Å². The first-order valence-corrected chi connectivity index (χ1v) is 7.10. The van der Waals surface area contributed by atoms with E-state index >= 15 is 0 Å². The molecule has 0 fully saturated rings. The van der Waals surface area contributed by atoms with E-state index in [1.54, 1.807) is 7.11 Å². The monoisotopic (exact) mass is 279 g/mol. The molecule has 0 aliphatic rings. The molecule has 0 aliphatic heterocycles. The Bertz CT molecular complexity index is 449. The van der Waals surface area contributed by atoms with Crippen molar-refractivity contribution in [1.82, 2.24) is 0 Å². The molecule has 3 heteroatoms. The average Bonchev–Trinajstić information content (AvgIpc) is 2.26. The van der Waals surface area contributed by atoms with Crippen molar-refractivity contribution in [3.05, 3.63) is 29.3 Å². The molecule has 1 aromatic carbocycles. The van der Waals surface area contributed by atoms with E-state index in [4.69, 9.17) is 22.7 Å². The predicted molar refractivity (Wildman–Crippen MR) is 86.0 cm³/mol. The molecular formula is C16H25NOS. The smallest absolute Gasteiger partial charge is 0.122 e. The van der Waals surface area contributed by atoms with Gasteiger partial charge in [0, 0.05) is 6.42 Å². The molecule has 0 aliphatic carbocycles. The number of rotatable bonds is 5. The van der Waals surface area contributed by atoms with Crippen molar-refractivity contribution >= 4 is 17.2 Å². The molecule has 0 saturated heterocycles. The SMILES string of the molecule is COc1ccc(CC(C)CC(N)=S)cc1C(C)(C)C. The van der Waals surface area contributed by atoms with Crippen LogP contribution in [0, 0.1) is 5.92 Å².